The van der Waals surface area contributed by atoms with Crippen molar-refractivity contribution >= 4 is 0 Å². The zero-order valence-electron chi connectivity index (χ0n) is 12.6. The molecule has 2 nitrogen and oxygen atoms in total. The fraction of sp³-hybridized carbons (Fsp3) is 0.688. The highest BCUT2D eigenvalue weighted by molar-refractivity contribution is 5.25. The molecule has 0 bridgehead atoms. The highest BCUT2D eigenvalue weighted by atomic mass is 14.9. The Labute approximate surface area is 112 Å². The Morgan fingerprint density at radius 2 is 1.89 bits per heavy atom. The Kier molecular flexibility index (Phi) is 6.34. The first kappa shape index (κ1) is 15.2. The van der Waals surface area contributed by atoms with Crippen molar-refractivity contribution in [2.45, 2.75) is 59.9 Å². The minimum Gasteiger partial charge on any atom is -0.310 e. The van der Waals surface area contributed by atoms with Crippen molar-refractivity contribution in [3.63, 3.8) is 0 Å². The van der Waals surface area contributed by atoms with Gasteiger partial charge < -0.3 is 5.32 Å². The normalized spacial score (nSPS) is 14.5. The molecule has 0 aliphatic heterocycles. The predicted molar refractivity (Wildman–Crippen MR) is 78.8 cm³/mol. The number of pyridine rings is 1. The van der Waals surface area contributed by atoms with Crippen molar-refractivity contribution in [1.29, 1.82) is 0 Å². The second kappa shape index (κ2) is 7.52. The fourth-order valence-corrected chi connectivity index (χ4v) is 2.57. The van der Waals surface area contributed by atoms with E-state index in [4.69, 9.17) is 0 Å². The van der Waals surface area contributed by atoms with Gasteiger partial charge in [0.15, 0.2) is 0 Å². The van der Waals surface area contributed by atoms with E-state index in [1.165, 1.54) is 30.5 Å². The molecule has 2 unspecified atom stereocenters. The van der Waals surface area contributed by atoms with Crippen LogP contribution in [0.25, 0.3) is 0 Å². The molecular weight excluding hydrogens is 220 g/mol. The van der Waals surface area contributed by atoms with E-state index in [1.54, 1.807) is 0 Å². The van der Waals surface area contributed by atoms with Gasteiger partial charge in [0.05, 0.1) is 0 Å². The highest BCUT2D eigenvalue weighted by Gasteiger charge is 2.20. The number of aryl methyl sites for hydroxylation is 2. The number of hydrogen-bond acceptors (Lipinski definition) is 2. The van der Waals surface area contributed by atoms with Crippen LogP contribution in [-0.4, -0.2) is 11.5 Å². The van der Waals surface area contributed by atoms with Gasteiger partial charge in [-0.15, -0.1) is 0 Å². The molecule has 2 atom stereocenters. The standard InChI is InChI=1S/C16H28N2/c1-6-8-12(3)16(17-11-7-2)15-10-9-13(4)18-14(15)5/h9-10,12,16-17H,6-8,11H2,1-5H3. The van der Waals surface area contributed by atoms with Crippen molar-refractivity contribution in [2.75, 3.05) is 6.54 Å². The monoisotopic (exact) mass is 248 g/mol. The van der Waals surface area contributed by atoms with Crippen LogP contribution in [0.4, 0.5) is 0 Å². The summed E-state index contributed by atoms with van der Waals surface area (Å²) in [6.07, 6.45) is 3.67. The first-order chi connectivity index (χ1) is 8.60. The summed E-state index contributed by atoms with van der Waals surface area (Å²) in [5.74, 6) is 0.657. The molecule has 102 valence electrons. The number of nitrogens with zero attached hydrogens (tertiary/aromatic N) is 1. The van der Waals surface area contributed by atoms with Gasteiger partial charge in [-0.05, 0) is 50.8 Å². The molecule has 0 saturated heterocycles. The number of aromatic nitrogens is 1. The number of nitrogens with one attached hydrogen (secondary N) is 1. The van der Waals surface area contributed by atoms with Crippen LogP contribution < -0.4 is 5.32 Å². The van der Waals surface area contributed by atoms with E-state index >= 15 is 0 Å². The summed E-state index contributed by atoms with van der Waals surface area (Å²) in [5, 5.41) is 3.69. The molecule has 1 heterocycles. The summed E-state index contributed by atoms with van der Waals surface area (Å²) in [7, 11) is 0. The van der Waals surface area contributed by atoms with Crippen LogP contribution in [0.3, 0.4) is 0 Å². The van der Waals surface area contributed by atoms with Crippen molar-refractivity contribution in [3.05, 3.63) is 29.1 Å². The molecule has 2 heteroatoms. The van der Waals surface area contributed by atoms with E-state index in [1.807, 2.05) is 0 Å². The topological polar surface area (TPSA) is 24.9 Å². The molecule has 0 amide bonds. The van der Waals surface area contributed by atoms with E-state index < -0.39 is 0 Å². The lowest BCUT2D eigenvalue weighted by molar-refractivity contribution is 0.361. The Morgan fingerprint density at radius 3 is 2.44 bits per heavy atom. The van der Waals surface area contributed by atoms with Crippen LogP contribution in [0.2, 0.25) is 0 Å². The van der Waals surface area contributed by atoms with Crippen molar-refractivity contribution in [2.24, 2.45) is 5.92 Å². The Morgan fingerprint density at radius 1 is 1.17 bits per heavy atom. The van der Waals surface area contributed by atoms with E-state index in [0.717, 1.165) is 12.2 Å². The van der Waals surface area contributed by atoms with Gasteiger partial charge in [-0.1, -0.05) is 33.3 Å². The molecule has 1 aromatic rings. The molecule has 1 N–H and O–H groups in total. The number of rotatable bonds is 7. The quantitative estimate of drug-likeness (QED) is 0.783. The van der Waals surface area contributed by atoms with Crippen LogP contribution >= 0.6 is 0 Å². The lowest BCUT2D eigenvalue weighted by atomic mass is 9.90. The first-order valence-corrected chi connectivity index (χ1v) is 7.27. The minimum absolute atomic E-state index is 0.443. The second-order valence-corrected chi connectivity index (χ2v) is 5.33. The van der Waals surface area contributed by atoms with Gasteiger partial charge >= 0.3 is 0 Å². The van der Waals surface area contributed by atoms with Crippen LogP contribution in [0.15, 0.2) is 12.1 Å². The molecule has 0 aromatic carbocycles. The van der Waals surface area contributed by atoms with Gasteiger partial charge in [-0.2, -0.15) is 0 Å². The van der Waals surface area contributed by atoms with E-state index in [9.17, 15) is 0 Å². The van der Waals surface area contributed by atoms with Gasteiger partial charge in [-0.25, -0.2) is 0 Å². The molecule has 1 aromatic heterocycles. The predicted octanol–water partition coefficient (Wildman–Crippen LogP) is 4.18. The van der Waals surface area contributed by atoms with Crippen molar-refractivity contribution in [3.8, 4) is 0 Å². The largest absolute Gasteiger partial charge is 0.310 e. The smallest absolute Gasteiger partial charge is 0.0423 e. The lowest BCUT2D eigenvalue weighted by Gasteiger charge is -2.26. The van der Waals surface area contributed by atoms with Gasteiger partial charge in [0.1, 0.15) is 0 Å². The van der Waals surface area contributed by atoms with E-state index in [2.05, 4.69) is 57.1 Å². The maximum atomic E-state index is 4.61. The Hall–Kier alpha value is -0.890. The summed E-state index contributed by atoms with van der Waals surface area (Å²) in [5.41, 5.74) is 3.65. The highest BCUT2D eigenvalue weighted by Crippen LogP contribution is 2.27. The fourth-order valence-electron chi connectivity index (χ4n) is 2.57. The lowest BCUT2D eigenvalue weighted by Crippen LogP contribution is -2.28. The van der Waals surface area contributed by atoms with Gasteiger partial charge in [-0.3, -0.25) is 4.98 Å². The van der Waals surface area contributed by atoms with Crippen molar-refractivity contribution < 1.29 is 0 Å². The van der Waals surface area contributed by atoms with Gasteiger partial charge in [0.25, 0.3) is 0 Å². The molecular formula is C16H28N2. The average molecular weight is 248 g/mol. The zero-order valence-corrected chi connectivity index (χ0v) is 12.6. The first-order valence-electron chi connectivity index (χ1n) is 7.27. The molecule has 0 aliphatic rings. The third kappa shape index (κ3) is 4.09. The zero-order chi connectivity index (χ0) is 13.5. The van der Waals surface area contributed by atoms with Gasteiger partial charge in [0.2, 0.25) is 0 Å². The molecule has 0 radical (unpaired) electrons. The minimum atomic E-state index is 0.443. The molecule has 0 fully saturated rings. The van der Waals surface area contributed by atoms with E-state index in [-0.39, 0.29) is 0 Å². The summed E-state index contributed by atoms with van der Waals surface area (Å²) < 4.78 is 0. The SMILES string of the molecule is CCCNC(c1ccc(C)nc1C)C(C)CCC. The second-order valence-electron chi connectivity index (χ2n) is 5.33. The molecule has 1 rings (SSSR count). The third-order valence-electron chi connectivity index (χ3n) is 3.53. The summed E-state index contributed by atoms with van der Waals surface area (Å²) >= 11 is 0. The summed E-state index contributed by atoms with van der Waals surface area (Å²) in [6.45, 7) is 12.1. The molecule has 18 heavy (non-hydrogen) atoms. The summed E-state index contributed by atoms with van der Waals surface area (Å²) in [4.78, 5) is 4.61. The maximum absolute atomic E-state index is 4.61. The van der Waals surface area contributed by atoms with Gasteiger partial charge in [0, 0.05) is 17.4 Å². The molecule has 0 aliphatic carbocycles. The Bertz CT molecular complexity index is 360. The average Bonchev–Trinajstić information content (AvgIpc) is 2.32. The molecule has 0 saturated carbocycles. The maximum Gasteiger partial charge on any atom is 0.0423 e. The van der Waals surface area contributed by atoms with Crippen LogP contribution in [-0.2, 0) is 0 Å². The van der Waals surface area contributed by atoms with Crippen molar-refractivity contribution in [1.82, 2.24) is 10.3 Å². The number of hydrogen-bond donors (Lipinski definition) is 1. The summed E-state index contributed by atoms with van der Waals surface area (Å²) in [6, 6.07) is 4.82. The molecule has 0 spiro atoms. The Balaban J connectivity index is 2.93. The van der Waals surface area contributed by atoms with Crippen LogP contribution in [0.5, 0.6) is 0 Å². The van der Waals surface area contributed by atoms with E-state index in [0.29, 0.717) is 12.0 Å². The van der Waals surface area contributed by atoms with Crippen LogP contribution in [0.1, 0.15) is 63.0 Å². The third-order valence-corrected chi connectivity index (χ3v) is 3.53. The van der Waals surface area contributed by atoms with Crippen LogP contribution in [0, 0.1) is 19.8 Å².